The zero-order valence-corrected chi connectivity index (χ0v) is 12.5. The van der Waals surface area contributed by atoms with Crippen molar-refractivity contribution in [2.24, 2.45) is 0 Å². The van der Waals surface area contributed by atoms with E-state index in [1.54, 1.807) is 30.3 Å². The molecular formula is C14H13ClO4S. The average Bonchev–Trinajstić information content (AvgIpc) is 2.38. The van der Waals surface area contributed by atoms with Crippen molar-refractivity contribution in [3.8, 4) is 11.5 Å². The summed E-state index contributed by atoms with van der Waals surface area (Å²) in [6, 6.07) is 11.1. The zero-order valence-electron chi connectivity index (χ0n) is 11.0. The highest BCUT2D eigenvalue weighted by Gasteiger charge is 2.21. The van der Waals surface area contributed by atoms with Gasteiger partial charge in [-0.1, -0.05) is 29.8 Å². The molecular weight excluding hydrogens is 300 g/mol. The summed E-state index contributed by atoms with van der Waals surface area (Å²) < 4.78 is 34.6. The first kappa shape index (κ1) is 14.7. The summed E-state index contributed by atoms with van der Waals surface area (Å²) in [5.74, 6) is 0.450. The first-order valence-electron chi connectivity index (χ1n) is 5.77. The summed E-state index contributed by atoms with van der Waals surface area (Å²) in [6.45, 7) is 1.82. The van der Waals surface area contributed by atoms with Crippen LogP contribution in [0.5, 0.6) is 11.5 Å². The molecule has 0 heterocycles. The minimum atomic E-state index is -4.01. The molecule has 0 saturated carbocycles. The molecule has 0 N–H and O–H groups in total. The van der Waals surface area contributed by atoms with Gasteiger partial charge < -0.3 is 8.92 Å². The molecule has 0 bridgehead atoms. The molecule has 106 valence electrons. The molecule has 0 aliphatic carbocycles. The number of rotatable bonds is 4. The fraction of sp³-hybridized carbons (Fsp3) is 0.143. The Balaban J connectivity index is 2.41. The third-order valence-electron chi connectivity index (χ3n) is 2.63. The van der Waals surface area contributed by atoms with Crippen LogP contribution in [0.2, 0.25) is 5.02 Å². The molecule has 2 aromatic carbocycles. The Morgan fingerprint density at radius 1 is 1.05 bits per heavy atom. The Bertz CT molecular complexity index is 726. The molecule has 0 spiro atoms. The maximum absolute atomic E-state index is 12.2. The smallest absolute Gasteiger partial charge is 0.340 e. The van der Waals surface area contributed by atoms with Crippen LogP contribution < -0.4 is 8.92 Å². The van der Waals surface area contributed by atoms with Crippen LogP contribution in [0, 0.1) is 6.92 Å². The van der Waals surface area contributed by atoms with Crippen LogP contribution in [-0.4, -0.2) is 15.5 Å². The highest BCUT2D eigenvalue weighted by atomic mass is 35.5. The van der Waals surface area contributed by atoms with Crippen LogP contribution in [0.3, 0.4) is 0 Å². The Morgan fingerprint density at radius 3 is 2.30 bits per heavy atom. The standard InChI is InChI=1S/C14H13ClO4S/c1-10-7-8-14(11(15)9-10)20(16,17)19-13-6-4-3-5-12(13)18-2/h3-9H,1-2H3. The molecule has 0 fully saturated rings. The topological polar surface area (TPSA) is 52.6 Å². The van der Waals surface area contributed by atoms with Gasteiger partial charge in [-0.15, -0.1) is 0 Å². The average molecular weight is 313 g/mol. The van der Waals surface area contributed by atoms with Crippen molar-refractivity contribution in [1.82, 2.24) is 0 Å². The number of aryl methyl sites for hydroxylation is 1. The molecule has 0 aliphatic heterocycles. The highest BCUT2D eigenvalue weighted by Crippen LogP contribution is 2.31. The predicted octanol–water partition coefficient (Wildman–Crippen LogP) is 3.42. The van der Waals surface area contributed by atoms with E-state index in [1.807, 2.05) is 6.92 Å². The third kappa shape index (κ3) is 3.05. The SMILES string of the molecule is COc1ccccc1OS(=O)(=O)c1ccc(C)cc1Cl. The number of hydrogen-bond acceptors (Lipinski definition) is 4. The van der Waals surface area contributed by atoms with Gasteiger partial charge in [-0.05, 0) is 36.8 Å². The molecule has 20 heavy (non-hydrogen) atoms. The van der Waals surface area contributed by atoms with Gasteiger partial charge >= 0.3 is 10.1 Å². The number of halogens is 1. The van der Waals surface area contributed by atoms with Crippen molar-refractivity contribution >= 4 is 21.7 Å². The van der Waals surface area contributed by atoms with Gasteiger partial charge in [0.1, 0.15) is 4.90 Å². The molecule has 0 atom stereocenters. The monoisotopic (exact) mass is 312 g/mol. The molecule has 0 radical (unpaired) electrons. The first-order chi connectivity index (χ1) is 9.44. The quantitative estimate of drug-likeness (QED) is 0.812. The lowest BCUT2D eigenvalue weighted by atomic mass is 10.2. The Hall–Kier alpha value is -1.72. The van der Waals surface area contributed by atoms with Gasteiger partial charge in [0.25, 0.3) is 0 Å². The normalized spacial score (nSPS) is 11.2. The van der Waals surface area contributed by atoms with Gasteiger partial charge in [-0.2, -0.15) is 8.42 Å². The van der Waals surface area contributed by atoms with Gasteiger partial charge in [-0.25, -0.2) is 0 Å². The van der Waals surface area contributed by atoms with E-state index in [-0.39, 0.29) is 15.7 Å². The summed E-state index contributed by atoms with van der Waals surface area (Å²) >= 11 is 5.96. The van der Waals surface area contributed by atoms with Crippen LogP contribution >= 0.6 is 11.6 Å². The number of ether oxygens (including phenoxy) is 1. The van der Waals surface area contributed by atoms with E-state index in [0.717, 1.165) is 5.56 Å². The molecule has 0 unspecified atom stereocenters. The number of benzene rings is 2. The van der Waals surface area contributed by atoms with E-state index in [4.69, 9.17) is 20.5 Å². The molecule has 0 aromatic heterocycles. The Labute approximate surface area is 123 Å². The van der Waals surface area contributed by atoms with E-state index in [9.17, 15) is 8.42 Å². The highest BCUT2D eigenvalue weighted by molar-refractivity contribution is 7.87. The summed E-state index contributed by atoms with van der Waals surface area (Å²) in [6.07, 6.45) is 0. The van der Waals surface area contributed by atoms with Crippen LogP contribution in [0.4, 0.5) is 0 Å². The lowest BCUT2D eigenvalue weighted by Gasteiger charge is -2.11. The van der Waals surface area contributed by atoms with Crippen molar-refractivity contribution in [2.45, 2.75) is 11.8 Å². The number of hydrogen-bond donors (Lipinski definition) is 0. The second-order valence-corrected chi connectivity index (χ2v) is 6.04. The van der Waals surface area contributed by atoms with E-state index in [0.29, 0.717) is 5.75 Å². The lowest BCUT2D eigenvalue weighted by molar-refractivity contribution is 0.390. The maximum atomic E-state index is 12.2. The van der Waals surface area contributed by atoms with Crippen molar-refractivity contribution in [3.63, 3.8) is 0 Å². The van der Waals surface area contributed by atoms with Crippen molar-refractivity contribution in [2.75, 3.05) is 7.11 Å². The van der Waals surface area contributed by atoms with Crippen LogP contribution in [0.25, 0.3) is 0 Å². The van der Waals surface area contributed by atoms with E-state index < -0.39 is 10.1 Å². The third-order valence-corrected chi connectivity index (χ3v) is 4.34. The van der Waals surface area contributed by atoms with Gasteiger partial charge in [0, 0.05) is 0 Å². The fourth-order valence-electron chi connectivity index (χ4n) is 1.66. The van der Waals surface area contributed by atoms with Gasteiger partial charge in [0.15, 0.2) is 11.5 Å². The Morgan fingerprint density at radius 2 is 1.70 bits per heavy atom. The number of methoxy groups -OCH3 is 1. The molecule has 0 aliphatic rings. The summed E-state index contributed by atoms with van der Waals surface area (Å²) in [5.41, 5.74) is 0.867. The second-order valence-electron chi connectivity index (χ2n) is 4.12. The fourth-order valence-corrected chi connectivity index (χ4v) is 3.17. The summed E-state index contributed by atoms with van der Waals surface area (Å²) in [4.78, 5) is -0.0735. The minimum absolute atomic E-state index is 0.0735. The van der Waals surface area contributed by atoms with Crippen LogP contribution in [-0.2, 0) is 10.1 Å². The largest absolute Gasteiger partial charge is 0.493 e. The lowest BCUT2D eigenvalue weighted by Crippen LogP contribution is -2.11. The van der Waals surface area contributed by atoms with Crippen LogP contribution in [0.1, 0.15) is 5.56 Å². The summed E-state index contributed by atoms with van der Waals surface area (Å²) in [7, 11) is -2.57. The second kappa shape index (κ2) is 5.73. The molecule has 4 nitrogen and oxygen atoms in total. The number of para-hydroxylation sites is 2. The van der Waals surface area contributed by atoms with Gasteiger partial charge in [0.2, 0.25) is 0 Å². The van der Waals surface area contributed by atoms with E-state index >= 15 is 0 Å². The summed E-state index contributed by atoms with van der Waals surface area (Å²) in [5, 5.41) is 0.125. The molecule has 2 rings (SSSR count). The van der Waals surface area contributed by atoms with Crippen LogP contribution in [0.15, 0.2) is 47.4 Å². The van der Waals surface area contributed by atoms with Crippen molar-refractivity contribution < 1.29 is 17.3 Å². The predicted molar refractivity (Wildman–Crippen MR) is 77.0 cm³/mol. The zero-order chi connectivity index (χ0) is 14.8. The Kier molecular flexibility index (Phi) is 4.20. The molecule has 6 heteroatoms. The minimum Gasteiger partial charge on any atom is -0.493 e. The molecule has 0 saturated heterocycles. The first-order valence-corrected chi connectivity index (χ1v) is 7.56. The van der Waals surface area contributed by atoms with Crippen molar-refractivity contribution in [3.05, 3.63) is 53.1 Å². The molecule has 2 aromatic rings. The van der Waals surface area contributed by atoms with E-state index in [1.165, 1.54) is 19.2 Å². The van der Waals surface area contributed by atoms with Gasteiger partial charge in [0.05, 0.1) is 12.1 Å². The van der Waals surface area contributed by atoms with Gasteiger partial charge in [-0.3, -0.25) is 0 Å². The van der Waals surface area contributed by atoms with E-state index in [2.05, 4.69) is 0 Å². The van der Waals surface area contributed by atoms with Crippen molar-refractivity contribution in [1.29, 1.82) is 0 Å². The maximum Gasteiger partial charge on any atom is 0.340 e. The molecule has 0 amide bonds.